The zero-order chi connectivity index (χ0) is 7.56. The summed E-state index contributed by atoms with van der Waals surface area (Å²) in [7, 11) is 4.15. The fourth-order valence-corrected chi connectivity index (χ4v) is 1.05. The molecule has 1 rings (SSSR count). The molecule has 0 saturated carbocycles. The van der Waals surface area contributed by atoms with Gasteiger partial charge in [0.1, 0.15) is 0 Å². The molecule has 0 aromatic heterocycles. The normalized spacial score (nSPS) is 24.3. The lowest BCUT2D eigenvalue weighted by atomic mass is 10.0. The number of rotatable bonds is 1. The van der Waals surface area contributed by atoms with Gasteiger partial charge in [-0.3, -0.25) is 0 Å². The molecular formula is C9H15N. The van der Waals surface area contributed by atoms with E-state index in [1.54, 1.807) is 0 Å². The zero-order valence-electron chi connectivity index (χ0n) is 6.96. The highest BCUT2D eigenvalue weighted by atomic mass is 15.1. The van der Waals surface area contributed by atoms with E-state index in [-0.39, 0.29) is 0 Å². The fourth-order valence-electron chi connectivity index (χ4n) is 1.05. The topological polar surface area (TPSA) is 3.24 Å². The maximum atomic E-state index is 2.28. The first kappa shape index (κ1) is 7.39. The molecule has 0 bridgehead atoms. The Morgan fingerprint density at radius 1 is 1.50 bits per heavy atom. The molecule has 0 N–H and O–H groups in total. The third kappa shape index (κ3) is 1.63. The first-order valence-electron chi connectivity index (χ1n) is 3.76. The number of nitrogens with zero attached hydrogens (tertiary/aromatic N) is 1. The van der Waals surface area contributed by atoms with Crippen LogP contribution in [0.2, 0.25) is 0 Å². The van der Waals surface area contributed by atoms with Crippen LogP contribution in [0.25, 0.3) is 0 Å². The van der Waals surface area contributed by atoms with Gasteiger partial charge in [-0.1, -0.05) is 19.1 Å². The third-order valence-electron chi connectivity index (χ3n) is 1.81. The minimum atomic E-state index is 0.726. The van der Waals surface area contributed by atoms with Gasteiger partial charge >= 0.3 is 0 Å². The van der Waals surface area contributed by atoms with Crippen molar-refractivity contribution in [1.82, 2.24) is 4.90 Å². The van der Waals surface area contributed by atoms with Crippen LogP contribution in [0, 0.1) is 5.92 Å². The molecule has 1 aliphatic rings. The molecule has 0 aromatic rings. The minimum Gasteiger partial charge on any atom is -0.378 e. The van der Waals surface area contributed by atoms with Crippen molar-refractivity contribution in [3.8, 4) is 0 Å². The van der Waals surface area contributed by atoms with Gasteiger partial charge in [0, 0.05) is 19.8 Å². The summed E-state index contributed by atoms with van der Waals surface area (Å²) in [6.07, 6.45) is 7.91. The SMILES string of the molecule is CC1C=CC(N(C)C)=CC1. The van der Waals surface area contributed by atoms with E-state index in [2.05, 4.69) is 44.1 Å². The number of likely N-dealkylation sites (N-methyl/N-ethyl adjacent to an activating group) is 1. The third-order valence-corrected chi connectivity index (χ3v) is 1.81. The van der Waals surface area contributed by atoms with Crippen LogP contribution >= 0.6 is 0 Å². The van der Waals surface area contributed by atoms with Crippen molar-refractivity contribution in [2.45, 2.75) is 13.3 Å². The van der Waals surface area contributed by atoms with Crippen molar-refractivity contribution in [2.75, 3.05) is 14.1 Å². The van der Waals surface area contributed by atoms with E-state index in [0.29, 0.717) is 0 Å². The maximum absolute atomic E-state index is 2.28. The van der Waals surface area contributed by atoms with Crippen LogP contribution in [0.15, 0.2) is 23.9 Å². The Morgan fingerprint density at radius 3 is 2.60 bits per heavy atom. The van der Waals surface area contributed by atoms with E-state index in [1.165, 1.54) is 12.1 Å². The molecule has 1 heteroatoms. The molecule has 0 amide bonds. The molecule has 1 unspecified atom stereocenters. The van der Waals surface area contributed by atoms with Gasteiger partial charge in [-0.2, -0.15) is 0 Å². The Balaban J connectivity index is 2.59. The van der Waals surface area contributed by atoms with Gasteiger partial charge in [0.2, 0.25) is 0 Å². The van der Waals surface area contributed by atoms with Crippen molar-refractivity contribution < 1.29 is 0 Å². The average Bonchev–Trinajstić information content (AvgIpc) is 1.88. The second-order valence-corrected chi connectivity index (χ2v) is 3.10. The highest BCUT2D eigenvalue weighted by Gasteiger charge is 2.03. The van der Waals surface area contributed by atoms with Gasteiger partial charge in [0.15, 0.2) is 0 Å². The van der Waals surface area contributed by atoms with Gasteiger partial charge in [-0.25, -0.2) is 0 Å². The highest BCUT2D eigenvalue weighted by Crippen LogP contribution is 2.15. The molecule has 1 nitrogen and oxygen atoms in total. The number of allylic oxidation sites excluding steroid dienone is 3. The Bertz CT molecular complexity index is 166. The van der Waals surface area contributed by atoms with Crippen LogP contribution in [0.3, 0.4) is 0 Å². The summed E-state index contributed by atoms with van der Waals surface area (Å²) in [5.41, 5.74) is 1.33. The Kier molecular flexibility index (Phi) is 2.15. The first-order valence-corrected chi connectivity index (χ1v) is 3.76. The summed E-state index contributed by atoms with van der Waals surface area (Å²) in [5.74, 6) is 0.726. The molecule has 0 heterocycles. The van der Waals surface area contributed by atoms with E-state index >= 15 is 0 Å². The molecule has 0 aromatic carbocycles. The van der Waals surface area contributed by atoms with Crippen molar-refractivity contribution in [2.24, 2.45) is 5.92 Å². The van der Waals surface area contributed by atoms with Gasteiger partial charge in [-0.15, -0.1) is 0 Å². The van der Waals surface area contributed by atoms with Crippen LogP contribution < -0.4 is 0 Å². The molecule has 0 spiro atoms. The summed E-state index contributed by atoms with van der Waals surface area (Å²) >= 11 is 0. The lowest BCUT2D eigenvalue weighted by molar-refractivity contribution is 0.517. The number of hydrogen-bond acceptors (Lipinski definition) is 1. The van der Waals surface area contributed by atoms with Crippen molar-refractivity contribution in [3.05, 3.63) is 23.9 Å². The molecule has 56 valence electrons. The highest BCUT2D eigenvalue weighted by molar-refractivity contribution is 5.21. The average molecular weight is 137 g/mol. The maximum Gasteiger partial charge on any atom is 0.0317 e. The van der Waals surface area contributed by atoms with Crippen LogP contribution in [0.1, 0.15) is 13.3 Å². The Morgan fingerprint density at radius 2 is 2.20 bits per heavy atom. The Labute approximate surface area is 63.0 Å². The van der Waals surface area contributed by atoms with Crippen LogP contribution in [-0.4, -0.2) is 19.0 Å². The summed E-state index contributed by atoms with van der Waals surface area (Å²) in [4.78, 5) is 2.14. The molecule has 10 heavy (non-hydrogen) atoms. The predicted molar refractivity (Wildman–Crippen MR) is 44.7 cm³/mol. The molecular weight excluding hydrogens is 122 g/mol. The second kappa shape index (κ2) is 2.91. The van der Waals surface area contributed by atoms with Crippen LogP contribution in [0.4, 0.5) is 0 Å². The summed E-state index contributed by atoms with van der Waals surface area (Å²) in [5, 5.41) is 0. The van der Waals surface area contributed by atoms with Gasteiger partial charge in [0.05, 0.1) is 0 Å². The van der Waals surface area contributed by atoms with E-state index < -0.39 is 0 Å². The van der Waals surface area contributed by atoms with Gasteiger partial charge in [0.25, 0.3) is 0 Å². The van der Waals surface area contributed by atoms with E-state index in [0.717, 1.165) is 5.92 Å². The molecule has 0 fully saturated rings. The molecule has 0 saturated heterocycles. The van der Waals surface area contributed by atoms with Crippen molar-refractivity contribution in [1.29, 1.82) is 0 Å². The largest absolute Gasteiger partial charge is 0.378 e. The quantitative estimate of drug-likeness (QED) is 0.534. The predicted octanol–water partition coefficient (Wildman–Crippen LogP) is 2.03. The zero-order valence-corrected chi connectivity index (χ0v) is 6.96. The summed E-state index contributed by atoms with van der Waals surface area (Å²) < 4.78 is 0. The summed E-state index contributed by atoms with van der Waals surface area (Å²) in [6, 6.07) is 0. The Hall–Kier alpha value is -0.720. The van der Waals surface area contributed by atoms with Crippen LogP contribution in [-0.2, 0) is 0 Å². The van der Waals surface area contributed by atoms with Crippen molar-refractivity contribution >= 4 is 0 Å². The van der Waals surface area contributed by atoms with Crippen molar-refractivity contribution in [3.63, 3.8) is 0 Å². The molecule has 1 atom stereocenters. The lowest BCUT2D eigenvalue weighted by Crippen LogP contribution is -2.11. The van der Waals surface area contributed by atoms with E-state index in [4.69, 9.17) is 0 Å². The molecule has 0 aliphatic heterocycles. The summed E-state index contributed by atoms with van der Waals surface area (Å²) in [6.45, 7) is 2.24. The molecule has 0 radical (unpaired) electrons. The first-order chi connectivity index (χ1) is 4.70. The molecule has 1 aliphatic carbocycles. The second-order valence-electron chi connectivity index (χ2n) is 3.10. The standard InChI is InChI=1S/C9H15N/c1-8-4-6-9(7-5-8)10(2)3/h4,6-8H,5H2,1-3H3. The van der Waals surface area contributed by atoms with Gasteiger partial charge in [-0.05, 0) is 18.4 Å². The fraction of sp³-hybridized carbons (Fsp3) is 0.556. The van der Waals surface area contributed by atoms with Crippen LogP contribution in [0.5, 0.6) is 0 Å². The smallest absolute Gasteiger partial charge is 0.0317 e. The lowest BCUT2D eigenvalue weighted by Gasteiger charge is -2.18. The van der Waals surface area contributed by atoms with E-state index in [1.807, 2.05) is 0 Å². The minimum absolute atomic E-state index is 0.726. The van der Waals surface area contributed by atoms with E-state index in [9.17, 15) is 0 Å². The number of hydrogen-bond donors (Lipinski definition) is 0. The monoisotopic (exact) mass is 137 g/mol. The van der Waals surface area contributed by atoms with Gasteiger partial charge < -0.3 is 4.90 Å².